The number of carbonyl (C=O) groups is 1. The molecule has 1 saturated heterocycles. The number of nitrogens with zero attached hydrogens (tertiary/aromatic N) is 1. The first-order valence-corrected chi connectivity index (χ1v) is 9.36. The van der Waals surface area contributed by atoms with Gasteiger partial charge in [0.1, 0.15) is 6.61 Å². The van der Waals surface area contributed by atoms with Crippen LogP contribution in [0.3, 0.4) is 0 Å². The van der Waals surface area contributed by atoms with Crippen LogP contribution in [0.4, 0.5) is 0 Å². The highest BCUT2D eigenvalue weighted by Gasteiger charge is 2.18. The molecule has 0 atom stereocenters. The fourth-order valence-corrected chi connectivity index (χ4v) is 5.17. The third-order valence-electron chi connectivity index (χ3n) is 3.54. The molecule has 23 heavy (non-hydrogen) atoms. The Kier molecular flexibility index (Phi) is 5.27. The highest BCUT2D eigenvalue weighted by atomic mass is 32.2. The predicted octanol–water partition coefficient (Wildman–Crippen LogP) is 4.39. The zero-order valence-electron chi connectivity index (χ0n) is 12.4. The molecule has 2 aromatic rings. The SMILES string of the molecule is N#Cc1ccccc1COC(=O)c1ccc(C2SCCS2)cc1. The molecule has 2 aromatic carbocycles. The molecule has 0 radical (unpaired) electrons. The van der Waals surface area contributed by atoms with E-state index in [1.807, 2.05) is 53.9 Å². The van der Waals surface area contributed by atoms with E-state index in [-0.39, 0.29) is 12.6 Å². The van der Waals surface area contributed by atoms with Gasteiger partial charge in [0, 0.05) is 17.1 Å². The molecule has 5 heteroatoms. The van der Waals surface area contributed by atoms with Crippen LogP contribution in [-0.4, -0.2) is 17.5 Å². The smallest absolute Gasteiger partial charge is 0.338 e. The third-order valence-corrected chi connectivity index (χ3v) is 6.64. The van der Waals surface area contributed by atoms with E-state index in [4.69, 9.17) is 10.00 Å². The lowest BCUT2D eigenvalue weighted by Gasteiger charge is -2.09. The summed E-state index contributed by atoms with van der Waals surface area (Å²) in [6.07, 6.45) is 0. The first-order valence-electron chi connectivity index (χ1n) is 7.26. The van der Waals surface area contributed by atoms with Gasteiger partial charge in [-0.3, -0.25) is 0 Å². The van der Waals surface area contributed by atoms with Crippen LogP contribution in [-0.2, 0) is 11.3 Å². The van der Waals surface area contributed by atoms with Crippen molar-refractivity contribution in [1.29, 1.82) is 5.26 Å². The van der Waals surface area contributed by atoms with Gasteiger partial charge < -0.3 is 4.74 Å². The van der Waals surface area contributed by atoms with Crippen LogP contribution in [0.25, 0.3) is 0 Å². The number of benzene rings is 2. The van der Waals surface area contributed by atoms with Gasteiger partial charge in [0.25, 0.3) is 0 Å². The number of rotatable bonds is 4. The number of carbonyl (C=O) groups excluding carboxylic acids is 1. The first kappa shape index (κ1) is 16.0. The maximum Gasteiger partial charge on any atom is 0.338 e. The van der Waals surface area contributed by atoms with E-state index in [0.29, 0.717) is 15.7 Å². The average Bonchev–Trinajstić information content (AvgIpc) is 3.14. The maximum absolute atomic E-state index is 12.1. The summed E-state index contributed by atoms with van der Waals surface area (Å²) < 4.78 is 5.80. The van der Waals surface area contributed by atoms with Crippen LogP contribution in [0.5, 0.6) is 0 Å². The van der Waals surface area contributed by atoms with Crippen molar-refractivity contribution in [3.63, 3.8) is 0 Å². The zero-order chi connectivity index (χ0) is 16.1. The second kappa shape index (κ2) is 7.58. The van der Waals surface area contributed by atoms with E-state index in [1.165, 1.54) is 17.1 Å². The van der Waals surface area contributed by atoms with Gasteiger partial charge in [-0.1, -0.05) is 30.3 Å². The number of nitriles is 1. The fraction of sp³-hybridized carbons (Fsp3) is 0.222. The maximum atomic E-state index is 12.1. The van der Waals surface area contributed by atoms with Crippen molar-refractivity contribution < 1.29 is 9.53 Å². The summed E-state index contributed by atoms with van der Waals surface area (Å²) in [6.45, 7) is 0.110. The van der Waals surface area contributed by atoms with Crippen LogP contribution >= 0.6 is 23.5 Å². The first-order chi connectivity index (χ1) is 11.3. The molecular formula is C18H15NO2S2. The third kappa shape index (κ3) is 3.90. The Morgan fingerprint density at radius 1 is 1.13 bits per heavy atom. The Balaban J connectivity index is 1.63. The van der Waals surface area contributed by atoms with E-state index < -0.39 is 0 Å². The number of thioether (sulfide) groups is 2. The van der Waals surface area contributed by atoms with Gasteiger partial charge in [-0.2, -0.15) is 5.26 Å². The van der Waals surface area contributed by atoms with E-state index in [0.717, 1.165) is 5.56 Å². The van der Waals surface area contributed by atoms with E-state index in [9.17, 15) is 4.79 Å². The minimum Gasteiger partial charge on any atom is -0.457 e. The summed E-state index contributed by atoms with van der Waals surface area (Å²) >= 11 is 3.88. The molecule has 0 unspecified atom stereocenters. The quantitative estimate of drug-likeness (QED) is 0.772. The van der Waals surface area contributed by atoms with Gasteiger partial charge in [-0.25, -0.2) is 4.79 Å². The zero-order valence-corrected chi connectivity index (χ0v) is 14.0. The Labute approximate surface area is 144 Å². The van der Waals surface area contributed by atoms with Crippen LogP contribution < -0.4 is 0 Å². The molecule has 3 nitrogen and oxygen atoms in total. The van der Waals surface area contributed by atoms with Crippen LogP contribution in [0, 0.1) is 11.3 Å². The van der Waals surface area contributed by atoms with Crippen molar-refractivity contribution in [2.45, 2.75) is 11.2 Å². The summed E-state index contributed by atoms with van der Waals surface area (Å²) in [7, 11) is 0. The van der Waals surface area contributed by atoms with Crippen molar-refractivity contribution in [3.05, 3.63) is 70.8 Å². The number of ether oxygens (including phenoxy) is 1. The molecule has 0 spiro atoms. The van der Waals surface area contributed by atoms with Gasteiger partial charge in [-0.05, 0) is 23.8 Å². The number of esters is 1. The van der Waals surface area contributed by atoms with Gasteiger partial charge >= 0.3 is 5.97 Å². The predicted molar refractivity (Wildman–Crippen MR) is 94.4 cm³/mol. The summed E-state index contributed by atoms with van der Waals surface area (Å²) in [4.78, 5) is 12.1. The monoisotopic (exact) mass is 341 g/mol. The van der Waals surface area contributed by atoms with Crippen molar-refractivity contribution in [3.8, 4) is 6.07 Å². The molecule has 0 saturated carbocycles. The topological polar surface area (TPSA) is 50.1 Å². The van der Waals surface area contributed by atoms with Crippen molar-refractivity contribution in [1.82, 2.24) is 0 Å². The largest absolute Gasteiger partial charge is 0.457 e. The normalized spacial score (nSPS) is 14.4. The second-order valence-electron chi connectivity index (χ2n) is 5.04. The van der Waals surface area contributed by atoms with Crippen molar-refractivity contribution in [2.24, 2.45) is 0 Å². The van der Waals surface area contributed by atoms with Gasteiger partial charge in [-0.15, -0.1) is 23.5 Å². The molecule has 0 bridgehead atoms. The summed E-state index contributed by atoms with van der Waals surface area (Å²) in [6, 6.07) is 16.9. The van der Waals surface area contributed by atoms with Gasteiger partial charge in [0.2, 0.25) is 0 Å². The van der Waals surface area contributed by atoms with Gasteiger partial charge in [0.15, 0.2) is 0 Å². The molecule has 0 amide bonds. The molecule has 0 N–H and O–H groups in total. The summed E-state index contributed by atoms with van der Waals surface area (Å²) in [5.74, 6) is 1.99. The standard InChI is InChI=1S/C18H15NO2S2/c19-11-15-3-1-2-4-16(15)12-21-17(20)13-5-7-14(8-6-13)18-22-9-10-23-18/h1-8,18H,9-10,12H2. The average molecular weight is 341 g/mol. The minimum absolute atomic E-state index is 0.110. The molecule has 1 fully saturated rings. The molecule has 1 aliphatic rings. The van der Waals surface area contributed by atoms with Crippen LogP contribution in [0.1, 0.15) is 31.6 Å². The Hall–Kier alpha value is -1.90. The lowest BCUT2D eigenvalue weighted by atomic mass is 10.1. The van der Waals surface area contributed by atoms with Crippen molar-refractivity contribution >= 4 is 29.5 Å². The number of hydrogen-bond acceptors (Lipinski definition) is 5. The van der Waals surface area contributed by atoms with Crippen LogP contribution in [0.15, 0.2) is 48.5 Å². The van der Waals surface area contributed by atoms with Gasteiger partial charge in [0.05, 0.1) is 21.8 Å². The summed E-state index contributed by atoms with van der Waals surface area (Å²) in [5.41, 5.74) is 3.03. The van der Waals surface area contributed by atoms with E-state index in [2.05, 4.69) is 6.07 Å². The molecule has 0 aliphatic carbocycles. The van der Waals surface area contributed by atoms with Crippen molar-refractivity contribution in [2.75, 3.05) is 11.5 Å². The molecule has 1 heterocycles. The Morgan fingerprint density at radius 3 is 2.52 bits per heavy atom. The Bertz CT molecular complexity index is 731. The molecular weight excluding hydrogens is 326 g/mol. The lowest BCUT2D eigenvalue weighted by molar-refractivity contribution is 0.0472. The molecule has 1 aliphatic heterocycles. The van der Waals surface area contributed by atoms with E-state index >= 15 is 0 Å². The highest BCUT2D eigenvalue weighted by Crippen LogP contribution is 2.45. The fourth-order valence-electron chi connectivity index (χ4n) is 2.31. The Morgan fingerprint density at radius 2 is 1.83 bits per heavy atom. The number of hydrogen-bond donors (Lipinski definition) is 0. The summed E-state index contributed by atoms with van der Waals surface area (Å²) in [5, 5.41) is 9.04. The van der Waals surface area contributed by atoms with Crippen LogP contribution in [0.2, 0.25) is 0 Å². The highest BCUT2D eigenvalue weighted by molar-refractivity contribution is 8.19. The molecule has 116 valence electrons. The minimum atomic E-state index is -0.365. The lowest BCUT2D eigenvalue weighted by Crippen LogP contribution is -2.06. The molecule has 0 aromatic heterocycles. The second-order valence-corrected chi connectivity index (χ2v) is 7.76. The van der Waals surface area contributed by atoms with E-state index in [1.54, 1.807) is 18.2 Å². The molecule has 3 rings (SSSR count).